The largest absolute Gasteiger partial charge is 0.336 e. The first-order chi connectivity index (χ1) is 12.5. The van der Waals surface area contributed by atoms with Gasteiger partial charge in [0, 0.05) is 6.54 Å². The van der Waals surface area contributed by atoms with Crippen LogP contribution in [0.2, 0.25) is 0 Å². The van der Waals surface area contributed by atoms with Crippen molar-refractivity contribution in [2.24, 2.45) is 5.92 Å². The highest BCUT2D eigenvalue weighted by Crippen LogP contribution is 2.32. The smallest absolute Gasteiger partial charge is 0.253 e. The fourth-order valence-electron chi connectivity index (χ4n) is 3.64. The zero-order chi connectivity index (χ0) is 18.7. The summed E-state index contributed by atoms with van der Waals surface area (Å²) in [6.07, 6.45) is 0.832. The van der Waals surface area contributed by atoms with Crippen molar-refractivity contribution in [1.82, 2.24) is 10.2 Å². The molecule has 1 aliphatic heterocycles. The van der Waals surface area contributed by atoms with Gasteiger partial charge in [0.25, 0.3) is 5.91 Å². The molecule has 4 heteroatoms. The maximum atomic E-state index is 13.5. The summed E-state index contributed by atoms with van der Waals surface area (Å²) >= 11 is 0. The fraction of sp³-hybridized carbons (Fsp3) is 0.364. The number of carbonyl (C=O) groups excluding carboxylic acids is 2. The molecule has 0 aliphatic carbocycles. The second kappa shape index (κ2) is 7.32. The number of nitrogens with zero attached hydrogens (tertiary/aromatic N) is 1. The Kier molecular flexibility index (Phi) is 5.12. The SMILES string of the molecule is CCC(C)C1C(=O)NC(C)(c2ccccc2)C(=O)N1Cc1ccccc1. The lowest BCUT2D eigenvalue weighted by atomic mass is 9.83. The van der Waals surface area contributed by atoms with Crippen LogP contribution in [0.4, 0.5) is 0 Å². The minimum atomic E-state index is -1.04. The van der Waals surface area contributed by atoms with Crippen molar-refractivity contribution in [2.45, 2.75) is 45.3 Å². The molecule has 2 amide bonds. The van der Waals surface area contributed by atoms with Crippen LogP contribution in [0, 0.1) is 5.92 Å². The van der Waals surface area contributed by atoms with Gasteiger partial charge in [0.2, 0.25) is 5.91 Å². The second-order valence-electron chi connectivity index (χ2n) is 7.23. The molecule has 1 fully saturated rings. The highest BCUT2D eigenvalue weighted by atomic mass is 16.2. The number of amides is 2. The van der Waals surface area contributed by atoms with Crippen molar-refractivity contribution < 1.29 is 9.59 Å². The predicted octanol–water partition coefficient (Wildman–Crippen LogP) is 3.48. The molecule has 4 nitrogen and oxygen atoms in total. The van der Waals surface area contributed by atoms with E-state index in [2.05, 4.69) is 5.32 Å². The van der Waals surface area contributed by atoms with Crippen molar-refractivity contribution >= 4 is 11.8 Å². The highest BCUT2D eigenvalue weighted by molar-refractivity contribution is 6.00. The molecule has 0 aromatic heterocycles. The number of hydrogen-bond donors (Lipinski definition) is 1. The Balaban J connectivity index is 2.02. The van der Waals surface area contributed by atoms with Gasteiger partial charge in [0.15, 0.2) is 0 Å². The number of hydrogen-bond acceptors (Lipinski definition) is 2. The lowest BCUT2D eigenvalue weighted by Gasteiger charge is -2.46. The highest BCUT2D eigenvalue weighted by Gasteiger charge is 2.50. The van der Waals surface area contributed by atoms with Crippen molar-refractivity contribution in [3.8, 4) is 0 Å². The summed E-state index contributed by atoms with van der Waals surface area (Å²) in [5.74, 6) is -0.0540. The van der Waals surface area contributed by atoms with Gasteiger partial charge in [0.1, 0.15) is 11.6 Å². The molecule has 0 spiro atoms. The normalized spacial score (nSPS) is 24.3. The van der Waals surface area contributed by atoms with Gasteiger partial charge in [-0.25, -0.2) is 0 Å². The average molecular weight is 350 g/mol. The van der Waals surface area contributed by atoms with Crippen LogP contribution >= 0.6 is 0 Å². The maximum Gasteiger partial charge on any atom is 0.253 e. The minimum Gasteiger partial charge on any atom is -0.336 e. The first-order valence-electron chi connectivity index (χ1n) is 9.20. The topological polar surface area (TPSA) is 49.4 Å². The Labute approximate surface area is 155 Å². The third-order valence-corrected chi connectivity index (χ3v) is 5.40. The summed E-state index contributed by atoms with van der Waals surface area (Å²) in [5, 5.41) is 3.01. The van der Waals surface area contributed by atoms with Crippen LogP contribution in [0.15, 0.2) is 60.7 Å². The molecule has 1 aliphatic rings. The molecule has 0 bridgehead atoms. The lowest BCUT2D eigenvalue weighted by molar-refractivity contribution is -0.157. The fourth-order valence-corrected chi connectivity index (χ4v) is 3.64. The van der Waals surface area contributed by atoms with E-state index in [0.29, 0.717) is 6.54 Å². The molecular formula is C22H26N2O2. The van der Waals surface area contributed by atoms with Crippen LogP contribution in [0.1, 0.15) is 38.3 Å². The molecule has 136 valence electrons. The van der Waals surface area contributed by atoms with Crippen molar-refractivity contribution in [3.63, 3.8) is 0 Å². The Hall–Kier alpha value is -2.62. The number of nitrogens with one attached hydrogen (secondary N) is 1. The van der Waals surface area contributed by atoms with E-state index in [1.54, 1.807) is 11.8 Å². The molecule has 1 saturated heterocycles. The van der Waals surface area contributed by atoms with E-state index in [9.17, 15) is 9.59 Å². The second-order valence-corrected chi connectivity index (χ2v) is 7.23. The van der Waals surface area contributed by atoms with E-state index >= 15 is 0 Å². The van der Waals surface area contributed by atoms with Gasteiger partial charge < -0.3 is 10.2 Å². The van der Waals surface area contributed by atoms with Crippen LogP contribution in [0.3, 0.4) is 0 Å². The van der Waals surface area contributed by atoms with Crippen LogP contribution in [0.5, 0.6) is 0 Å². The summed E-state index contributed by atoms with van der Waals surface area (Å²) in [6.45, 7) is 6.31. The van der Waals surface area contributed by atoms with Crippen molar-refractivity contribution in [3.05, 3.63) is 71.8 Å². The zero-order valence-corrected chi connectivity index (χ0v) is 15.6. The molecule has 2 aromatic rings. The van der Waals surface area contributed by atoms with E-state index in [-0.39, 0.29) is 17.7 Å². The first-order valence-corrected chi connectivity index (χ1v) is 9.20. The number of rotatable bonds is 5. The standard InChI is InChI=1S/C22H26N2O2/c1-4-16(2)19-20(25)23-22(3,18-13-9-6-10-14-18)21(26)24(19)15-17-11-7-5-8-12-17/h5-14,16,19H,4,15H2,1-3H3,(H,23,25). The first kappa shape index (κ1) is 18.2. The van der Waals surface area contributed by atoms with Gasteiger partial charge in [-0.05, 0) is 24.0 Å². The zero-order valence-electron chi connectivity index (χ0n) is 15.6. The summed E-state index contributed by atoms with van der Waals surface area (Å²) in [5.41, 5.74) is 0.787. The number of benzene rings is 2. The van der Waals surface area contributed by atoms with E-state index in [0.717, 1.165) is 17.5 Å². The molecule has 3 unspecified atom stereocenters. The van der Waals surface area contributed by atoms with Gasteiger partial charge >= 0.3 is 0 Å². The molecule has 3 atom stereocenters. The average Bonchev–Trinajstić information content (AvgIpc) is 2.67. The number of carbonyl (C=O) groups is 2. The molecular weight excluding hydrogens is 324 g/mol. The van der Waals surface area contributed by atoms with Gasteiger partial charge in [0.05, 0.1) is 0 Å². The summed E-state index contributed by atoms with van der Waals surface area (Å²) < 4.78 is 0. The molecule has 0 saturated carbocycles. The Morgan fingerprint density at radius 2 is 1.62 bits per heavy atom. The maximum absolute atomic E-state index is 13.5. The molecule has 1 N–H and O–H groups in total. The summed E-state index contributed by atoms with van der Waals surface area (Å²) in [4.78, 5) is 28.3. The minimum absolute atomic E-state index is 0.0579. The number of piperazine rings is 1. The van der Waals surface area contributed by atoms with Gasteiger partial charge in [-0.15, -0.1) is 0 Å². The van der Waals surface area contributed by atoms with E-state index in [1.807, 2.05) is 74.5 Å². The Morgan fingerprint density at radius 1 is 1.04 bits per heavy atom. The Bertz CT molecular complexity index is 775. The van der Waals surface area contributed by atoms with Crippen LogP contribution < -0.4 is 5.32 Å². The Morgan fingerprint density at radius 3 is 2.19 bits per heavy atom. The van der Waals surface area contributed by atoms with Gasteiger partial charge in [-0.2, -0.15) is 0 Å². The van der Waals surface area contributed by atoms with E-state index in [1.165, 1.54) is 0 Å². The third-order valence-electron chi connectivity index (χ3n) is 5.40. The van der Waals surface area contributed by atoms with Crippen LogP contribution in [0.25, 0.3) is 0 Å². The molecule has 2 aromatic carbocycles. The lowest BCUT2D eigenvalue weighted by Crippen LogP contribution is -2.68. The van der Waals surface area contributed by atoms with Gasteiger partial charge in [-0.3, -0.25) is 9.59 Å². The molecule has 1 heterocycles. The summed E-state index contributed by atoms with van der Waals surface area (Å²) in [7, 11) is 0. The predicted molar refractivity (Wildman–Crippen MR) is 102 cm³/mol. The molecule has 3 rings (SSSR count). The van der Waals surface area contributed by atoms with Crippen LogP contribution in [-0.2, 0) is 21.7 Å². The summed E-state index contributed by atoms with van der Waals surface area (Å²) in [6, 6.07) is 18.9. The van der Waals surface area contributed by atoms with E-state index < -0.39 is 11.6 Å². The van der Waals surface area contributed by atoms with Crippen LogP contribution in [-0.4, -0.2) is 22.8 Å². The molecule has 0 radical (unpaired) electrons. The monoisotopic (exact) mass is 350 g/mol. The van der Waals surface area contributed by atoms with Gasteiger partial charge in [-0.1, -0.05) is 80.9 Å². The van der Waals surface area contributed by atoms with Crippen molar-refractivity contribution in [2.75, 3.05) is 0 Å². The molecule has 26 heavy (non-hydrogen) atoms. The third kappa shape index (κ3) is 3.24. The quantitative estimate of drug-likeness (QED) is 0.897. The van der Waals surface area contributed by atoms with Crippen molar-refractivity contribution in [1.29, 1.82) is 0 Å². The van der Waals surface area contributed by atoms with E-state index in [4.69, 9.17) is 0 Å².